The lowest BCUT2D eigenvalue weighted by Gasteiger charge is -2.20. The van der Waals surface area contributed by atoms with E-state index < -0.39 is 0 Å². The van der Waals surface area contributed by atoms with Crippen LogP contribution in [0.15, 0.2) is 30.3 Å². The van der Waals surface area contributed by atoms with Gasteiger partial charge in [-0.25, -0.2) is 0 Å². The van der Waals surface area contributed by atoms with E-state index in [0.29, 0.717) is 42.9 Å². The number of benzene rings is 2. The van der Waals surface area contributed by atoms with Gasteiger partial charge in [-0.05, 0) is 44.5 Å². The van der Waals surface area contributed by atoms with Crippen LogP contribution in [0.1, 0.15) is 26.3 Å². The molecule has 0 amide bonds. The fraction of sp³-hybridized carbons (Fsp3) is 0.400. The van der Waals surface area contributed by atoms with E-state index in [1.54, 1.807) is 0 Å². The lowest BCUT2D eigenvalue weighted by molar-refractivity contribution is 0.171. The Balaban J connectivity index is 1.75. The third-order valence-electron chi connectivity index (χ3n) is 3.80. The normalized spacial score (nSPS) is 12.8. The number of anilines is 1. The van der Waals surface area contributed by atoms with Crippen LogP contribution >= 0.6 is 11.6 Å². The molecule has 2 aromatic rings. The van der Waals surface area contributed by atoms with Crippen molar-refractivity contribution >= 4 is 17.3 Å². The lowest BCUT2D eigenvalue weighted by atomic mass is 10.2. The molecule has 2 aromatic carbocycles. The molecule has 1 heterocycles. The van der Waals surface area contributed by atoms with Crippen molar-refractivity contribution in [3.8, 4) is 23.0 Å². The molecule has 0 aromatic heterocycles. The summed E-state index contributed by atoms with van der Waals surface area (Å²) in [7, 11) is 0. The molecule has 1 N–H and O–H groups in total. The molecule has 0 aliphatic carbocycles. The minimum absolute atomic E-state index is 0.0481. The maximum atomic E-state index is 6.45. The lowest BCUT2D eigenvalue weighted by Crippen LogP contribution is -2.15. The van der Waals surface area contributed by atoms with E-state index in [1.807, 2.05) is 51.1 Å². The number of hydrogen-bond donors (Lipinski definition) is 1. The summed E-state index contributed by atoms with van der Waals surface area (Å²) in [5, 5.41) is 4.00. The van der Waals surface area contributed by atoms with Gasteiger partial charge in [0.15, 0.2) is 23.0 Å². The number of fused-ring (bicyclic) bond motifs is 1. The average molecular weight is 378 g/mol. The minimum Gasteiger partial charge on any atom is -0.490 e. The van der Waals surface area contributed by atoms with Gasteiger partial charge < -0.3 is 24.3 Å². The summed E-state index contributed by atoms with van der Waals surface area (Å²) in [6, 6.07) is 9.54. The van der Waals surface area contributed by atoms with Crippen molar-refractivity contribution in [1.29, 1.82) is 0 Å². The van der Waals surface area contributed by atoms with Crippen LogP contribution in [-0.2, 0) is 6.54 Å². The molecule has 0 radical (unpaired) electrons. The predicted octanol–water partition coefficient (Wildman–Crippen LogP) is 4.91. The topological polar surface area (TPSA) is 49.0 Å². The zero-order valence-electron chi connectivity index (χ0n) is 15.3. The van der Waals surface area contributed by atoms with E-state index in [0.717, 1.165) is 22.7 Å². The molecule has 0 unspecified atom stereocenters. The maximum absolute atomic E-state index is 6.45. The molecule has 0 spiro atoms. The van der Waals surface area contributed by atoms with E-state index in [-0.39, 0.29) is 6.10 Å². The van der Waals surface area contributed by atoms with Gasteiger partial charge in [-0.1, -0.05) is 11.6 Å². The van der Waals surface area contributed by atoms with E-state index in [9.17, 15) is 0 Å². The van der Waals surface area contributed by atoms with E-state index in [4.69, 9.17) is 30.5 Å². The fourth-order valence-electron chi connectivity index (χ4n) is 2.68. The standard InChI is InChI=1S/C20H24ClNO4/c1-4-23-18-9-14(16(21)11-20(18)26-13(2)3)12-22-15-5-6-17-19(10-15)25-8-7-24-17/h5-6,9-11,13,22H,4,7-8,12H2,1-3H3. The van der Waals surface area contributed by atoms with Gasteiger partial charge in [-0.3, -0.25) is 0 Å². The Bertz CT molecular complexity index is 764. The summed E-state index contributed by atoms with van der Waals surface area (Å²) < 4.78 is 22.7. The van der Waals surface area contributed by atoms with E-state index in [1.165, 1.54) is 0 Å². The highest BCUT2D eigenvalue weighted by molar-refractivity contribution is 6.31. The molecule has 0 saturated carbocycles. The van der Waals surface area contributed by atoms with Gasteiger partial charge >= 0.3 is 0 Å². The Hall–Kier alpha value is -2.27. The van der Waals surface area contributed by atoms with Gasteiger partial charge in [0.25, 0.3) is 0 Å². The summed E-state index contributed by atoms with van der Waals surface area (Å²) in [4.78, 5) is 0. The number of hydrogen-bond acceptors (Lipinski definition) is 5. The van der Waals surface area contributed by atoms with Crippen molar-refractivity contribution in [3.63, 3.8) is 0 Å². The SMILES string of the molecule is CCOc1cc(CNc2ccc3c(c2)OCCO3)c(Cl)cc1OC(C)C. The van der Waals surface area contributed by atoms with Crippen LogP contribution in [0.5, 0.6) is 23.0 Å². The Labute approximate surface area is 159 Å². The van der Waals surface area contributed by atoms with Crippen LogP contribution in [0.3, 0.4) is 0 Å². The summed E-state index contributed by atoms with van der Waals surface area (Å²) in [5.41, 5.74) is 1.87. The highest BCUT2D eigenvalue weighted by Gasteiger charge is 2.14. The monoisotopic (exact) mass is 377 g/mol. The third kappa shape index (κ3) is 4.47. The minimum atomic E-state index is 0.0481. The Morgan fingerprint density at radius 2 is 1.85 bits per heavy atom. The van der Waals surface area contributed by atoms with Crippen LogP contribution < -0.4 is 24.3 Å². The summed E-state index contributed by atoms with van der Waals surface area (Å²) in [6.07, 6.45) is 0.0481. The molecule has 0 fully saturated rings. The molecular formula is C20H24ClNO4. The van der Waals surface area contributed by atoms with Crippen molar-refractivity contribution in [2.45, 2.75) is 33.4 Å². The Morgan fingerprint density at radius 1 is 1.08 bits per heavy atom. The predicted molar refractivity (Wildman–Crippen MR) is 103 cm³/mol. The number of ether oxygens (including phenoxy) is 4. The van der Waals surface area contributed by atoms with Gasteiger partial charge in [-0.2, -0.15) is 0 Å². The molecular weight excluding hydrogens is 354 g/mol. The second-order valence-electron chi connectivity index (χ2n) is 6.20. The molecule has 140 valence electrons. The van der Waals surface area contributed by atoms with Gasteiger partial charge in [0.2, 0.25) is 0 Å². The van der Waals surface area contributed by atoms with Gasteiger partial charge in [-0.15, -0.1) is 0 Å². The van der Waals surface area contributed by atoms with Crippen LogP contribution in [0.4, 0.5) is 5.69 Å². The molecule has 26 heavy (non-hydrogen) atoms. The van der Waals surface area contributed by atoms with Crippen LogP contribution in [-0.4, -0.2) is 25.9 Å². The van der Waals surface area contributed by atoms with Crippen LogP contribution in [0.2, 0.25) is 5.02 Å². The Morgan fingerprint density at radius 3 is 2.58 bits per heavy atom. The highest BCUT2D eigenvalue weighted by atomic mass is 35.5. The summed E-state index contributed by atoms with van der Waals surface area (Å²) in [6.45, 7) is 8.16. The maximum Gasteiger partial charge on any atom is 0.163 e. The van der Waals surface area contributed by atoms with Crippen molar-refractivity contribution in [2.75, 3.05) is 25.1 Å². The molecule has 5 nitrogen and oxygen atoms in total. The summed E-state index contributed by atoms with van der Waals surface area (Å²) in [5.74, 6) is 2.89. The fourth-order valence-corrected chi connectivity index (χ4v) is 2.90. The van der Waals surface area contributed by atoms with Crippen molar-refractivity contribution in [3.05, 3.63) is 40.9 Å². The smallest absolute Gasteiger partial charge is 0.163 e. The first-order valence-electron chi connectivity index (χ1n) is 8.82. The molecule has 0 bridgehead atoms. The van der Waals surface area contributed by atoms with E-state index >= 15 is 0 Å². The first-order chi connectivity index (χ1) is 12.6. The quantitative estimate of drug-likeness (QED) is 0.743. The molecule has 1 aliphatic rings. The first kappa shape index (κ1) is 18.5. The summed E-state index contributed by atoms with van der Waals surface area (Å²) >= 11 is 6.45. The second-order valence-corrected chi connectivity index (χ2v) is 6.61. The molecule has 0 atom stereocenters. The van der Waals surface area contributed by atoms with Gasteiger partial charge in [0, 0.05) is 29.4 Å². The average Bonchev–Trinajstić information content (AvgIpc) is 2.62. The van der Waals surface area contributed by atoms with Crippen LogP contribution in [0, 0.1) is 0 Å². The zero-order valence-corrected chi connectivity index (χ0v) is 16.1. The van der Waals surface area contributed by atoms with Gasteiger partial charge in [0.05, 0.1) is 12.7 Å². The van der Waals surface area contributed by atoms with Crippen molar-refractivity contribution in [1.82, 2.24) is 0 Å². The second kappa shape index (κ2) is 8.41. The molecule has 6 heteroatoms. The molecule has 1 aliphatic heterocycles. The largest absolute Gasteiger partial charge is 0.490 e. The van der Waals surface area contributed by atoms with Crippen LogP contribution in [0.25, 0.3) is 0 Å². The van der Waals surface area contributed by atoms with Gasteiger partial charge in [0.1, 0.15) is 13.2 Å². The van der Waals surface area contributed by atoms with Crippen molar-refractivity contribution in [2.24, 2.45) is 0 Å². The Kier molecular flexibility index (Phi) is 5.99. The first-order valence-corrected chi connectivity index (χ1v) is 9.20. The number of nitrogens with one attached hydrogen (secondary N) is 1. The number of halogens is 1. The van der Waals surface area contributed by atoms with Crippen molar-refractivity contribution < 1.29 is 18.9 Å². The zero-order chi connectivity index (χ0) is 18.5. The molecule has 3 rings (SSSR count). The number of rotatable bonds is 7. The van der Waals surface area contributed by atoms with E-state index in [2.05, 4.69) is 5.32 Å². The molecule has 0 saturated heterocycles. The third-order valence-corrected chi connectivity index (χ3v) is 4.15. The highest BCUT2D eigenvalue weighted by Crippen LogP contribution is 2.36.